The Balaban J connectivity index is 2.54. The predicted octanol–water partition coefficient (Wildman–Crippen LogP) is 3.56. The summed E-state index contributed by atoms with van der Waals surface area (Å²) in [6.07, 6.45) is 2.26. The molecule has 1 aromatic rings. The molecule has 0 fully saturated rings. The minimum atomic E-state index is -3.60. The van der Waals surface area contributed by atoms with E-state index in [0.717, 1.165) is 24.8 Å². The minimum absolute atomic E-state index is 0.0461. The van der Waals surface area contributed by atoms with Gasteiger partial charge in [-0.25, -0.2) is 8.42 Å². The van der Waals surface area contributed by atoms with Gasteiger partial charge in [-0.1, -0.05) is 13.8 Å². The van der Waals surface area contributed by atoms with Crippen LogP contribution in [0.2, 0.25) is 0 Å². The summed E-state index contributed by atoms with van der Waals surface area (Å²) < 4.78 is 28.3. The first-order chi connectivity index (χ1) is 11.2. The van der Waals surface area contributed by atoms with Gasteiger partial charge in [0.1, 0.15) is 0 Å². The molecule has 0 bridgehead atoms. The van der Waals surface area contributed by atoms with Gasteiger partial charge >= 0.3 is 0 Å². The van der Waals surface area contributed by atoms with Crippen molar-refractivity contribution in [3.8, 4) is 0 Å². The Kier molecular flexibility index (Phi) is 6.09. The normalized spacial score (nSPS) is 17.4. The van der Waals surface area contributed by atoms with E-state index in [1.165, 1.54) is 11.2 Å². The number of carbonyl (C=O) groups is 1. The Morgan fingerprint density at radius 1 is 1.29 bits per heavy atom. The van der Waals surface area contributed by atoms with Gasteiger partial charge in [0.15, 0.2) is 0 Å². The average Bonchev–Trinajstić information content (AvgIpc) is 2.80. The van der Waals surface area contributed by atoms with Crippen LogP contribution in [0.3, 0.4) is 0 Å². The van der Waals surface area contributed by atoms with Crippen molar-refractivity contribution in [2.75, 3.05) is 18.0 Å². The molecule has 1 heterocycles. The molecule has 0 aliphatic carbocycles. The number of fused-ring (bicyclic) bond motifs is 1. The van der Waals surface area contributed by atoms with Crippen LogP contribution in [-0.2, 0) is 21.2 Å². The maximum absolute atomic E-state index is 13.1. The van der Waals surface area contributed by atoms with Crippen LogP contribution in [0.15, 0.2) is 21.5 Å². The maximum atomic E-state index is 13.1. The van der Waals surface area contributed by atoms with Crippen molar-refractivity contribution in [1.29, 1.82) is 0 Å². The smallest absolute Gasteiger partial charge is 0.244 e. The number of hydrogen-bond acceptors (Lipinski definition) is 3. The van der Waals surface area contributed by atoms with Gasteiger partial charge in [0.05, 0.1) is 4.90 Å². The van der Waals surface area contributed by atoms with E-state index in [4.69, 9.17) is 0 Å². The third-order valence-electron chi connectivity index (χ3n) is 4.25. The summed E-state index contributed by atoms with van der Waals surface area (Å²) >= 11 is 3.42. The van der Waals surface area contributed by atoms with Crippen molar-refractivity contribution in [2.24, 2.45) is 0 Å². The van der Waals surface area contributed by atoms with Gasteiger partial charge in [-0.3, -0.25) is 4.79 Å². The van der Waals surface area contributed by atoms with Crippen molar-refractivity contribution in [3.63, 3.8) is 0 Å². The van der Waals surface area contributed by atoms with Gasteiger partial charge < -0.3 is 4.90 Å². The lowest BCUT2D eigenvalue weighted by atomic mass is 10.1. The van der Waals surface area contributed by atoms with Gasteiger partial charge in [0, 0.05) is 36.2 Å². The molecule has 1 aliphatic rings. The molecule has 0 saturated heterocycles. The highest BCUT2D eigenvalue weighted by atomic mass is 79.9. The Hall–Kier alpha value is -0.920. The molecule has 0 saturated carbocycles. The molecule has 0 aromatic heterocycles. The summed E-state index contributed by atoms with van der Waals surface area (Å²) in [6.45, 7) is 8.41. The van der Waals surface area contributed by atoms with Crippen molar-refractivity contribution < 1.29 is 13.2 Å². The van der Waals surface area contributed by atoms with E-state index >= 15 is 0 Å². The van der Waals surface area contributed by atoms with Gasteiger partial charge in [0.25, 0.3) is 0 Å². The average molecular weight is 417 g/mol. The van der Waals surface area contributed by atoms with Crippen LogP contribution in [-0.4, -0.2) is 37.8 Å². The summed E-state index contributed by atoms with van der Waals surface area (Å²) in [5.41, 5.74) is 1.71. The summed E-state index contributed by atoms with van der Waals surface area (Å²) in [5.74, 6) is -0.0640. The Morgan fingerprint density at radius 2 is 1.88 bits per heavy atom. The number of halogens is 1. The van der Waals surface area contributed by atoms with Gasteiger partial charge in [0.2, 0.25) is 15.9 Å². The predicted molar refractivity (Wildman–Crippen MR) is 99.8 cm³/mol. The van der Waals surface area contributed by atoms with E-state index < -0.39 is 10.0 Å². The fourth-order valence-corrected chi connectivity index (χ4v) is 5.98. The van der Waals surface area contributed by atoms with Crippen molar-refractivity contribution in [1.82, 2.24) is 4.31 Å². The van der Waals surface area contributed by atoms with E-state index in [-0.39, 0.29) is 16.8 Å². The van der Waals surface area contributed by atoms with Crippen molar-refractivity contribution >= 4 is 37.5 Å². The lowest BCUT2D eigenvalue weighted by molar-refractivity contribution is -0.116. The Labute approximate surface area is 153 Å². The second-order valence-electron chi connectivity index (χ2n) is 6.26. The lowest BCUT2D eigenvalue weighted by Crippen LogP contribution is -2.34. The molecule has 1 atom stereocenters. The first-order valence-corrected chi connectivity index (χ1v) is 10.6. The molecule has 7 heteroatoms. The lowest BCUT2D eigenvalue weighted by Gasteiger charge is -2.24. The number of anilines is 1. The molecule has 24 heavy (non-hydrogen) atoms. The molecular weight excluding hydrogens is 392 g/mol. The number of hydrogen-bond donors (Lipinski definition) is 0. The zero-order valence-corrected chi connectivity index (χ0v) is 17.1. The monoisotopic (exact) mass is 416 g/mol. The molecule has 5 nitrogen and oxygen atoms in total. The summed E-state index contributed by atoms with van der Waals surface area (Å²) in [6, 6.07) is 3.54. The molecule has 2 rings (SSSR count). The summed E-state index contributed by atoms with van der Waals surface area (Å²) in [7, 11) is -3.60. The third-order valence-corrected chi connectivity index (χ3v) is 7.11. The van der Waals surface area contributed by atoms with Crippen LogP contribution in [0.4, 0.5) is 5.69 Å². The first-order valence-electron chi connectivity index (χ1n) is 8.36. The number of nitrogens with zero attached hydrogens (tertiary/aromatic N) is 2. The molecule has 134 valence electrons. The second kappa shape index (κ2) is 7.54. The molecule has 0 N–H and O–H groups in total. The van der Waals surface area contributed by atoms with E-state index in [2.05, 4.69) is 15.9 Å². The largest absolute Gasteiger partial charge is 0.309 e. The Bertz CT molecular complexity index is 728. The highest BCUT2D eigenvalue weighted by molar-refractivity contribution is 9.10. The number of carbonyl (C=O) groups excluding carboxylic acids is 1. The molecule has 1 amide bonds. The fourth-order valence-electron chi connectivity index (χ4n) is 3.29. The second-order valence-corrected chi connectivity index (χ2v) is 9.02. The van der Waals surface area contributed by atoms with E-state index in [9.17, 15) is 13.2 Å². The number of benzene rings is 1. The molecule has 1 aliphatic heterocycles. The van der Waals surface area contributed by atoms with Crippen LogP contribution >= 0.6 is 15.9 Å². The van der Waals surface area contributed by atoms with E-state index in [0.29, 0.717) is 23.2 Å². The standard InChI is InChI=1S/C17H25BrN2O3S/c1-5-7-19(8-6-2)24(22,23)17-11-16-14(10-15(17)18)9-12(3)20(16)13(4)21/h10-12H,5-9H2,1-4H3/t12-/m1/s1. The van der Waals surface area contributed by atoms with Crippen LogP contribution in [0, 0.1) is 0 Å². The molecule has 1 aromatic carbocycles. The zero-order chi connectivity index (χ0) is 18.1. The van der Waals surface area contributed by atoms with Gasteiger partial charge in [-0.2, -0.15) is 4.31 Å². The van der Waals surface area contributed by atoms with Gasteiger partial charge in [-0.05, 0) is 59.8 Å². The number of sulfonamides is 1. The number of rotatable bonds is 6. The SMILES string of the molecule is CCCN(CCC)S(=O)(=O)c1cc2c(cc1Br)C[C@@H](C)N2C(C)=O. The molecule has 0 radical (unpaired) electrons. The minimum Gasteiger partial charge on any atom is -0.309 e. The topological polar surface area (TPSA) is 57.7 Å². The zero-order valence-electron chi connectivity index (χ0n) is 14.7. The van der Waals surface area contributed by atoms with Crippen LogP contribution in [0.1, 0.15) is 46.1 Å². The molecular formula is C17H25BrN2O3S. The fraction of sp³-hybridized carbons (Fsp3) is 0.588. The van der Waals surface area contributed by atoms with Crippen LogP contribution in [0.5, 0.6) is 0 Å². The number of amides is 1. The summed E-state index contributed by atoms with van der Waals surface area (Å²) in [5, 5.41) is 0. The third kappa shape index (κ3) is 3.53. The van der Waals surface area contributed by atoms with Crippen molar-refractivity contribution in [2.45, 2.75) is 57.9 Å². The first kappa shape index (κ1) is 19.4. The summed E-state index contributed by atoms with van der Waals surface area (Å²) in [4.78, 5) is 13.9. The van der Waals surface area contributed by atoms with Crippen molar-refractivity contribution in [3.05, 3.63) is 22.2 Å². The highest BCUT2D eigenvalue weighted by Gasteiger charge is 2.33. The van der Waals surface area contributed by atoms with Gasteiger partial charge in [-0.15, -0.1) is 0 Å². The molecule has 0 unspecified atom stereocenters. The maximum Gasteiger partial charge on any atom is 0.244 e. The van der Waals surface area contributed by atoms with E-state index in [1.54, 1.807) is 11.0 Å². The quantitative estimate of drug-likeness (QED) is 0.711. The molecule has 0 spiro atoms. The van der Waals surface area contributed by atoms with E-state index in [1.807, 2.05) is 26.8 Å². The highest BCUT2D eigenvalue weighted by Crippen LogP contribution is 2.38. The van der Waals surface area contributed by atoms with Crippen LogP contribution < -0.4 is 4.90 Å². The Morgan fingerprint density at radius 3 is 2.38 bits per heavy atom. The van der Waals surface area contributed by atoms with Crippen LogP contribution in [0.25, 0.3) is 0 Å².